The number of amides is 2. The number of aromatic nitrogens is 1. The Bertz CT molecular complexity index is 1070. The molecule has 2 N–H and O–H groups in total. The van der Waals surface area contributed by atoms with Crippen molar-refractivity contribution in [3.8, 4) is 11.3 Å². The number of halogens is 1. The van der Waals surface area contributed by atoms with Crippen molar-refractivity contribution < 1.29 is 19.1 Å². The molecule has 1 aromatic heterocycles. The van der Waals surface area contributed by atoms with Crippen LogP contribution in [0.25, 0.3) is 22.2 Å². The zero-order valence-corrected chi connectivity index (χ0v) is 15.6. The molecule has 0 aliphatic rings. The molecule has 2 amide bonds. The molecule has 0 unspecified atom stereocenters. The van der Waals surface area contributed by atoms with Crippen LogP contribution in [0.1, 0.15) is 17.3 Å². The maximum Gasteiger partial charge on any atom is 0.339 e. The molecule has 28 heavy (non-hydrogen) atoms. The quantitative estimate of drug-likeness (QED) is 0.521. The molecule has 0 radical (unpaired) electrons. The Morgan fingerprint density at radius 1 is 1.04 bits per heavy atom. The lowest BCUT2D eigenvalue weighted by Gasteiger charge is -2.11. The molecule has 3 rings (SSSR count). The Labute approximate surface area is 165 Å². The third-order valence-corrected chi connectivity index (χ3v) is 4.13. The van der Waals surface area contributed by atoms with Crippen molar-refractivity contribution in [3.63, 3.8) is 0 Å². The average molecular weight is 398 g/mol. The second kappa shape index (κ2) is 8.49. The molecule has 7 nitrogen and oxygen atoms in total. The maximum absolute atomic E-state index is 12.6. The van der Waals surface area contributed by atoms with Crippen LogP contribution in [-0.4, -0.2) is 29.4 Å². The Balaban J connectivity index is 1.91. The van der Waals surface area contributed by atoms with E-state index in [4.69, 9.17) is 16.3 Å². The fourth-order valence-corrected chi connectivity index (χ4v) is 2.79. The maximum atomic E-state index is 12.6. The summed E-state index contributed by atoms with van der Waals surface area (Å²) in [5, 5.41) is 1.09. The smallest absolute Gasteiger partial charge is 0.339 e. The van der Waals surface area contributed by atoms with Crippen LogP contribution in [0, 0.1) is 0 Å². The first-order chi connectivity index (χ1) is 13.5. The van der Waals surface area contributed by atoms with E-state index in [-0.39, 0.29) is 5.56 Å². The highest BCUT2D eigenvalue weighted by Crippen LogP contribution is 2.30. The van der Waals surface area contributed by atoms with E-state index in [0.29, 0.717) is 27.2 Å². The lowest BCUT2D eigenvalue weighted by atomic mass is 10.0. The number of hydrogen-bond donors (Lipinski definition) is 2. The van der Waals surface area contributed by atoms with Crippen LogP contribution in [0.15, 0.2) is 54.6 Å². The first kappa shape index (κ1) is 19.3. The second-order valence-corrected chi connectivity index (χ2v) is 6.26. The Morgan fingerprint density at radius 3 is 2.50 bits per heavy atom. The molecular formula is C20H16ClN3O4. The van der Waals surface area contributed by atoms with E-state index in [1.165, 1.54) is 6.92 Å². The fraction of sp³-hybridized carbons (Fsp3) is 0.100. The largest absolute Gasteiger partial charge is 0.452 e. The Kier molecular flexibility index (Phi) is 5.86. The average Bonchev–Trinajstić information content (AvgIpc) is 2.70. The molecular weight excluding hydrogens is 382 g/mol. The summed E-state index contributed by atoms with van der Waals surface area (Å²) in [5.41, 5.74) is 6.28. The van der Waals surface area contributed by atoms with Crippen LogP contribution < -0.4 is 10.9 Å². The predicted molar refractivity (Wildman–Crippen MR) is 104 cm³/mol. The third kappa shape index (κ3) is 4.44. The summed E-state index contributed by atoms with van der Waals surface area (Å²) in [4.78, 5) is 39.6. The molecule has 0 atom stereocenters. The van der Waals surface area contributed by atoms with E-state index in [1.54, 1.807) is 42.5 Å². The van der Waals surface area contributed by atoms with E-state index in [0.717, 1.165) is 0 Å². The number of nitrogens with one attached hydrogen (secondary N) is 2. The number of hydrazine groups is 1. The molecule has 142 valence electrons. The zero-order chi connectivity index (χ0) is 20.1. The van der Waals surface area contributed by atoms with Crippen LogP contribution in [0.5, 0.6) is 0 Å². The molecule has 0 aliphatic carbocycles. The van der Waals surface area contributed by atoms with Gasteiger partial charge < -0.3 is 4.74 Å². The highest BCUT2D eigenvalue weighted by Gasteiger charge is 2.17. The van der Waals surface area contributed by atoms with Gasteiger partial charge in [-0.1, -0.05) is 48.0 Å². The molecule has 8 heteroatoms. The minimum absolute atomic E-state index is 0.257. The standard InChI is InChI=1S/C20H16ClN3O4/c1-12(25)23-24-19(26)11-28-20(27)15-10-18(14-7-2-4-8-16(14)21)22-17-9-5-3-6-13(15)17/h2-10H,11H2,1H3,(H,23,25)(H,24,26). The first-order valence-electron chi connectivity index (χ1n) is 8.33. The van der Waals surface area contributed by atoms with Crippen molar-refractivity contribution in [2.24, 2.45) is 0 Å². The van der Waals surface area contributed by atoms with Gasteiger partial charge in [0.15, 0.2) is 6.61 Å². The number of hydrogen-bond acceptors (Lipinski definition) is 5. The van der Waals surface area contributed by atoms with Gasteiger partial charge in [0.1, 0.15) is 0 Å². The summed E-state index contributed by atoms with van der Waals surface area (Å²) in [6, 6.07) is 15.8. The number of carbonyl (C=O) groups excluding carboxylic acids is 3. The van der Waals surface area contributed by atoms with Gasteiger partial charge in [-0.05, 0) is 18.2 Å². The van der Waals surface area contributed by atoms with Crippen LogP contribution in [0.4, 0.5) is 0 Å². The van der Waals surface area contributed by atoms with Crippen molar-refractivity contribution in [1.29, 1.82) is 0 Å². The third-order valence-electron chi connectivity index (χ3n) is 3.80. The zero-order valence-electron chi connectivity index (χ0n) is 14.9. The highest BCUT2D eigenvalue weighted by atomic mass is 35.5. The summed E-state index contributed by atoms with van der Waals surface area (Å²) in [6.45, 7) is 0.697. The Morgan fingerprint density at radius 2 is 1.75 bits per heavy atom. The van der Waals surface area contributed by atoms with Crippen LogP contribution in [0.3, 0.4) is 0 Å². The van der Waals surface area contributed by atoms with Crippen molar-refractivity contribution >= 4 is 40.3 Å². The van der Waals surface area contributed by atoms with Gasteiger partial charge in [0.05, 0.1) is 16.8 Å². The number of ether oxygens (including phenoxy) is 1. The van der Waals surface area contributed by atoms with Crippen LogP contribution >= 0.6 is 11.6 Å². The molecule has 1 heterocycles. The number of benzene rings is 2. The number of carbonyl (C=O) groups is 3. The number of nitrogens with zero attached hydrogens (tertiary/aromatic N) is 1. The topological polar surface area (TPSA) is 97.4 Å². The molecule has 0 saturated carbocycles. The molecule has 0 aliphatic heterocycles. The van der Waals surface area contributed by atoms with Crippen molar-refractivity contribution in [3.05, 3.63) is 65.2 Å². The lowest BCUT2D eigenvalue weighted by molar-refractivity contribution is -0.129. The summed E-state index contributed by atoms with van der Waals surface area (Å²) >= 11 is 6.26. The fourth-order valence-electron chi connectivity index (χ4n) is 2.55. The van der Waals surface area contributed by atoms with Gasteiger partial charge in [-0.15, -0.1) is 0 Å². The molecule has 0 spiro atoms. The van der Waals surface area contributed by atoms with Gasteiger partial charge in [0.25, 0.3) is 5.91 Å². The summed E-state index contributed by atoms with van der Waals surface area (Å²) < 4.78 is 5.09. The van der Waals surface area contributed by atoms with E-state index >= 15 is 0 Å². The number of esters is 1. The highest BCUT2D eigenvalue weighted by molar-refractivity contribution is 6.33. The minimum Gasteiger partial charge on any atom is -0.452 e. The van der Waals surface area contributed by atoms with E-state index < -0.39 is 24.4 Å². The first-order valence-corrected chi connectivity index (χ1v) is 8.70. The molecule has 0 saturated heterocycles. The normalized spacial score (nSPS) is 10.4. The summed E-state index contributed by atoms with van der Waals surface area (Å²) in [5.74, 6) is -1.79. The number of rotatable bonds is 4. The minimum atomic E-state index is -0.690. The number of pyridine rings is 1. The van der Waals surface area contributed by atoms with Crippen LogP contribution in [-0.2, 0) is 14.3 Å². The summed E-state index contributed by atoms with van der Waals surface area (Å²) in [7, 11) is 0. The van der Waals surface area contributed by atoms with Gasteiger partial charge in [0.2, 0.25) is 5.91 Å². The van der Waals surface area contributed by atoms with E-state index in [9.17, 15) is 14.4 Å². The van der Waals surface area contributed by atoms with Gasteiger partial charge >= 0.3 is 5.97 Å². The molecule has 0 bridgehead atoms. The van der Waals surface area contributed by atoms with Crippen molar-refractivity contribution in [2.45, 2.75) is 6.92 Å². The van der Waals surface area contributed by atoms with Crippen LogP contribution in [0.2, 0.25) is 5.02 Å². The lowest BCUT2D eigenvalue weighted by Crippen LogP contribution is -2.42. The van der Waals surface area contributed by atoms with Gasteiger partial charge in [-0.3, -0.25) is 20.4 Å². The SMILES string of the molecule is CC(=O)NNC(=O)COC(=O)c1cc(-c2ccccc2Cl)nc2ccccc12. The van der Waals surface area contributed by atoms with Gasteiger partial charge in [-0.2, -0.15) is 0 Å². The molecule has 0 fully saturated rings. The van der Waals surface area contributed by atoms with E-state index in [1.807, 2.05) is 12.1 Å². The number of para-hydroxylation sites is 1. The van der Waals surface area contributed by atoms with Gasteiger partial charge in [0, 0.05) is 22.9 Å². The summed E-state index contributed by atoms with van der Waals surface area (Å²) in [6.07, 6.45) is 0. The second-order valence-electron chi connectivity index (χ2n) is 5.86. The van der Waals surface area contributed by atoms with E-state index in [2.05, 4.69) is 15.8 Å². The van der Waals surface area contributed by atoms with Crippen molar-refractivity contribution in [2.75, 3.05) is 6.61 Å². The van der Waals surface area contributed by atoms with Crippen molar-refractivity contribution in [1.82, 2.24) is 15.8 Å². The van der Waals surface area contributed by atoms with Gasteiger partial charge in [-0.25, -0.2) is 9.78 Å². The predicted octanol–water partition coefficient (Wildman–Crippen LogP) is 2.88. The Hall–Kier alpha value is -3.45. The molecule has 2 aromatic carbocycles. The monoisotopic (exact) mass is 397 g/mol. The molecule has 3 aromatic rings. The number of fused-ring (bicyclic) bond motifs is 1.